The number of hydrogen-bond donors (Lipinski definition) is 4. The highest BCUT2D eigenvalue weighted by atomic mass is 35.5. The number of amides is 2. The van der Waals surface area contributed by atoms with Crippen molar-refractivity contribution in [2.24, 2.45) is 0 Å². The molecular weight excluding hydrogens is 294 g/mol. The van der Waals surface area contributed by atoms with Crippen molar-refractivity contribution < 1.29 is 14.7 Å². The van der Waals surface area contributed by atoms with Crippen LogP contribution in [0.5, 0.6) is 5.75 Å². The van der Waals surface area contributed by atoms with Gasteiger partial charge in [-0.1, -0.05) is 11.6 Å². The molecule has 7 heteroatoms. The van der Waals surface area contributed by atoms with Gasteiger partial charge in [0.2, 0.25) is 0 Å². The molecule has 0 aromatic heterocycles. The Hall–Kier alpha value is -2.73. The third kappa shape index (κ3) is 3.87. The number of phenolic OH excluding ortho intramolecular Hbond substituents is 1. The van der Waals surface area contributed by atoms with E-state index in [0.717, 1.165) is 0 Å². The monoisotopic (exact) mass is 305 g/mol. The second-order valence-corrected chi connectivity index (χ2v) is 4.60. The molecule has 6 nitrogen and oxygen atoms in total. The van der Waals surface area contributed by atoms with Crippen LogP contribution in [-0.2, 0) is 9.59 Å². The topological polar surface area (TPSA) is 104 Å². The maximum absolute atomic E-state index is 11.8. The number of aromatic hydroxyl groups is 1. The first-order chi connectivity index (χ1) is 9.95. The van der Waals surface area contributed by atoms with Gasteiger partial charge in [-0.25, -0.2) is 0 Å². The van der Waals surface area contributed by atoms with E-state index in [9.17, 15) is 9.59 Å². The molecule has 2 aromatic carbocycles. The lowest BCUT2D eigenvalue weighted by molar-refractivity contribution is -0.132. The van der Waals surface area contributed by atoms with Crippen molar-refractivity contribution in [3.8, 4) is 5.75 Å². The summed E-state index contributed by atoms with van der Waals surface area (Å²) >= 11 is 5.90. The first kappa shape index (κ1) is 14.7. The van der Waals surface area contributed by atoms with Gasteiger partial charge in [-0.15, -0.1) is 0 Å². The quantitative estimate of drug-likeness (QED) is 0.388. The Morgan fingerprint density at radius 1 is 1.00 bits per heavy atom. The zero-order chi connectivity index (χ0) is 15.4. The maximum atomic E-state index is 11.8. The number of nitrogens with two attached hydrogens (primary N) is 1. The predicted octanol–water partition coefficient (Wildman–Crippen LogP) is 2.21. The van der Waals surface area contributed by atoms with E-state index in [1.54, 1.807) is 6.07 Å². The molecule has 0 atom stereocenters. The fraction of sp³-hybridized carbons (Fsp3) is 0. The molecule has 0 fully saturated rings. The molecule has 5 N–H and O–H groups in total. The molecule has 0 aliphatic carbocycles. The number of carbonyl (C=O) groups excluding carboxylic acids is 2. The Morgan fingerprint density at radius 3 is 2.24 bits per heavy atom. The minimum absolute atomic E-state index is 0.0612. The van der Waals surface area contributed by atoms with Crippen molar-refractivity contribution >= 4 is 40.5 Å². The molecule has 0 unspecified atom stereocenters. The second-order valence-electron chi connectivity index (χ2n) is 4.19. The molecule has 2 rings (SSSR count). The molecule has 0 aliphatic heterocycles. The Labute approximate surface area is 125 Å². The number of carbonyl (C=O) groups is 2. The van der Waals surface area contributed by atoms with Gasteiger partial charge < -0.3 is 21.5 Å². The van der Waals surface area contributed by atoms with E-state index < -0.39 is 11.8 Å². The molecule has 2 aromatic rings. The minimum Gasteiger partial charge on any atom is -0.508 e. The van der Waals surface area contributed by atoms with E-state index in [2.05, 4.69) is 10.6 Å². The van der Waals surface area contributed by atoms with Crippen molar-refractivity contribution in [1.29, 1.82) is 0 Å². The smallest absolute Gasteiger partial charge is 0.314 e. The molecule has 0 saturated carbocycles. The molecule has 0 spiro atoms. The van der Waals surface area contributed by atoms with Gasteiger partial charge >= 0.3 is 11.8 Å². The van der Waals surface area contributed by atoms with E-state index >= 15 is 0 Å². The SMILES string of the molecule is Nc1ccc(NC(=O)C(=O)Nc2ccc(O)cc2)c(Cl)c1. The van der Waals surface area contributed by atoms with Gasteiger partial charge in [0, 0.05) is 11.4 Å². The van der Waals surface area contributed by atoms with Gasteiger partial charge in [0.25, 0.3) is 0 Å². The van der Waals surface area contributed by atoms with E-state index in [0.29, 0.717) is 11.4 Å². The highest BCUT2D eigenvalue weighted by molar-refractivity contribution is 6.44. The van der Waals surface area contributed by atoms with Crippen LogP contribution < -0.4 is 16.4 Å². The van der Waals surface area contributed by atoms with Crippen molar-refractivity contribution in [2.45, 2.75) is 0 Å². The highest BCUT2D eigenvalue weighted by Crippen LogP contribution is 2.24. The van der Waals surface area contributed by atoms with Gasteiger partial charge in [0.05, 0.1) is 10.7 Å². The minimum atomic E-state index is -0.866. The molecule has 0 aliphatic rings. The lowest BCUT2D eigenvalue weighted by Gasteiger charge is -2.08. The highest BCUT2D eigenvalue weighted by Gasteiger charge is 2.15. The van der Waals surface area contributed by atoms with Crippen LogP contribution in [0, 0.1) is 0 Å². The Kier molecular flexibility index (Phi) is 4.30. The van der Waals surface area contributed by atoms with Gasteiger partial charge in [0.15, 0.2) is 0 Å². The van der Waals surface area contributed by atoms with Gasteiger partial charge in [-0.05, 0) is 42.5 Å². The first-order valence-corrected chi connectivity index (χ1v) is 6.30. The normalized spacial score (nSPS) is 9.95. The number of nitrogen functional groups attached to an aromatic ring is 1. The van der Waals surface area contributed by atoms with E-state index in [-0.39, 0.29) is 16.5 Å². The summed E-state index contributed by atoms with van der Waals surface area (Å²) in [4.78, 5) is 23.5. The van der Waals surface area contributed by atoms with Gasteiger partial charge in [0.1, 0.15) is 5.75 Å². The van der Waals surface area contributed by atoms with Gasteiger partial charge in [-0.2, -0.15) is 0 Å². The molecule has 21 heavy (non-hydrogen) atoms. The Balaban J connectivity index is 2.02. The summed E-state index contributed by atoms with van der Waals surface area (Å²) in [7, 11) is 0. The third-order valence-corrected chi connectivity index (χ3v) is 2.89. The summed E-state index contributed by atoms with van der Waals surface area (Å²) in [5, 5.41) is 14.1. The third-order valence-electron chi connectivity index (χ3n) is 2.57. The zero-order valence-corrected chi connectivity index (χ0v) is 11.5. The molecule has 0 radical (unpaired) electrons. The average Bonchev–Trinajstić information content (AvgIpc) is 2.44. The lowest BCUT2D eigenvalue weighted by atomic mass is 10.2. The largest absolute Gasteiger partial charge is 0.508 e. The maximum Gasteiger partial charge on any atom is 0.314 e. The summed E-state index contributed by atoms with van der Waals surface area (Å²) in [6.07, 6.45) is 0. The predicted molar refractivity (Wildman–Crippen MR) is 81.2 cm³/mol. The number of phenols is 1. The first-order valence-electron chi connectivity index (χ1n) is 5.92. The van der Waals surface area contributed by atoms with Crippen molar-refractivity contribution in [2.75, 3.05) is 16.4 Å². The van der Waals surface area contributed by atoms with Crippen molar-refractivity contribution in [3.63, 3.8) is 0 Å². The Morgan fingerprint density at radius 2 is 1.62 bits per heavy atom. The number of nitrogens with one attached hydrogen (secondary N) is 2. The van der Waals surface area contributed by atoms with Crippen molar-refractivity contribution in [1.82, 2.24) is 0 Å². The number of hydrogen-bond acceptors (Lipinski definition) is 4. The summed E-state index contributed by atoms with van der Waals surface area (Å²) < 4.78 is 0. The molecule has 0 bridgehead atoms. The molecule has 0 saturated heterocycles. The number of anilines is 3. The second kappa shape index (κ2) is 6.15. The fourth-order valence-electron chi connectivity index (χ4n) is 1.54. The van der Waals surface area contributed by atoms with E-state index in [1.807, 2.05) is 0 Å². The van der Waals surface area contributed by atoms with E-state index in [1.165, 1.54) is 36.4 Å². The number of rotatable bonds is 2. The molecule has 2 amide bonds. The average molecular weight is 306 g/mol. The molecule has 0 heterocycles. The lowest BCUT2D eigenvalue weighted by Crippen LogP contribution is -2.29. The Bertz CT molecular complexity index is 686. The standard InChI is InChI=1S/C14H12ClN3O3/c15-11-7-8(16)1-6-12(11)18-14(21)13(20)17-9-2-4-10(19)5-3-9/h1-7,19H,16H2,(H,17,20)(H,18,21). The summed E-state index contributed by atoms with van der Waals surface area (Å²) in [6.45, 7) is 0. The van der Waals surface area contributed by atoms with E-state index in [4.69, 9.17) is 22.4 Å². The fourth-order valence-corrected chi connectivity index (χ4v) is 1.78. The van der Waals surface area contributed by atoms with Crippen LogP contribution in [0.4, 0.5) is 17.1 Å². The van der Waals surface area contributed by atoms with Crippen LogP contribution >= 0.6 is 11.6 Å². The zero-order valence-electron chi connectivity index (χ0n) is 10.8. The number of halogens is 1. The number of benzene rings is 2. The van der Waals surface area contributed by atoms with Crippen LogP contribution in [-0.4, -0.2) is 16.9 Å². The summed E-state index contributed by atoms with van der Waals surface area (Å²) in [5.41, 5.74) is 6.66. The van der Waals surface area contributed by atoms with Crippen LogP contribution in [0.25, 0.3) is 0 Å². The summed E-state index contributed by atoms with van der Waals surface area (Å²) in [5.74, 6) is -1.66. The summed E-state index contributed by atoms with van der Waals surface area (Å²) in [6, 6.07) is 10.2. The van der Waals surface area contributed by atoms with Crippen molar-refractivity contribution in [3.05, 3.63) is 47.5 Å². The van der Waals surface area contributed by atoms with Crippen LogP contribution in [0.15, 0.2) is 42.5 Å². The van der Waals surface area contributed by atoms with Gasteiger partial charge in [-0.3, -0.25) is 9.59 Å². The van der Waals surface area contributed by atoms with Crippen LogP contribution in [0.3, 0.4) is 0 Å². The van der Waals surface area contributed by atoms with Crippen LogP contribution in [0.2, 0.25) is 5.02 Å². The molecule has 108 valence electrons. The molecular formula is C14H12ClN3O3. The van der Waals surface area contributed by atoms with Crippen LogP contribution in [0.1, 0.15) is 0 Å².